The third kappa shape index (κ3) is 1.38. The van der Waals surface area contributed by atoms with Gasteiger partial charge in [-0.2, -0.15) is 5.10 Å². The number of hydrogen-bond acceptors (Lipinski definition) is 4. The monoisotopic (exact) mass is 197 g/mol. The number of aliphatic hydroxyl groups excluding tert-OH is 1. The van der Waals surface area contributed by atoms with E-state index in [1.807, 2.05) is 0 Å². The third-order valence-corrected chi connectivity index (χ3v) is 2.04. The summed E-state index contributed by atoms with van der Waals surface area (Å²) in [6.45, 7) is 0.528. The Morgan fingerprint density at radius 3 is 3.29 bits per heavy atom. The van der Waals surface area contributed by atoms with Crippen LogP contribution in [0.5, 0.6) is 0 Å². The van der Waals surface area contributed by atoms with Gasteiger partial charge in [0, 0.05) is 7.11 Å². The number of nitrogens with one attached hydrogen (secondary N) is 1. The second-order valence-electron chi connectivity index (χ2n) is 3.09. The van der Waals surface area contributed by atoms with Gasteiger partial charge in [0.2, 0.25) is 0 Å². The highest BCUT2D eigenvalue weighted by atomic mass is 16.5. The second-order valence-corrected chi connectivity index (χ2v) is 3.09. The lowest BCUT2D eigenvalue weighted by molar-refractivity contribution is 0.0586. The maximum atomic E-state index is 11.3. The first-order chi connectivity index (χ1) is 6.72. The zero-order chi connectivity index (χ0) is 10.1. The van der Waals surface area contributed by atoms with Crippen molar-refractivity contribution in [2.75, 3.05) is 13.7 Å². The molecule has 1 aromatic heterocycles. The summed E-state index contributed by atoms with van der Waals surface area (Å²) in [4.78, 5) is 11.3. The van der Waals surface area contributed by atoms with Crippen molar-refractivity contribution in [3.05, 3.63) is 17.5 Å². The van der Waals surface area contributed by atoms with Crippen LogP contribution in [0.2, 0.25) is 0 Å². The van der Waals surface area contributed by atoms with Crippen LogP contribution in [0.15, 0.2) is 6.07 Å². The molecule has 76 valence electrons. The molecule has 0 saturated carbocycles. The van der Waals surface area contributed by atoms with Crippen molar-refractivity contribution in [2.24, 2.45) is 0 Å². The number of methoxy groups -OCH3 is 1. The van der Waals surface area contributed by atoms with Crippen LogP contribution in [-0.2, 0) is 11.3 Å². The quantitative estimate of drug-likeness (QED) is 0.655. The molecule has 0 radical (unpaired) electrons. The van der Waals surface area contributed by atoms with E-state index in [-0.39, 0.29) is 12.5 Å². The summed E-state index contributed by atoms with van der Waals surface area (Å²) in [5.41, 5.74) is 1.01. The van der Waals surface area contributed by atoms with Crippen LogP contribution >= 0.6 is 0 Å². The van der Waals surface area contributed by atoms with Crippen LogP contribution in [0, 0.1) is 0 Å². The minimum Gasteiger partial charge on any atom is -0.378 e. The van der Waals surface area contributed by atoms with Crippen molar-refractivity contribution in [2.45, 2.75) is 12.8 Å². The molecule has 1 amide bonds. The molecule has 1 aromatic rings. The van der Waals surface area contributed by atoms with Crippen LogP contribution in [-0.4, -0.2) is 34.4 Å². The highest BCUT2D eigenvalue weighted by Gasteiger charge is 2.25. The van der Waals surface area contributed by atoms with Crippen LogP contribution in [0.1, 0.15) is 22.4 Å². The van der Waals surface area contributed by atoms with Crippen molar-refractivity contribution < 1.29 is 14.6 Å². The van der Waals surface area contributed by atoms with Gasteiger partial charge in [-0.15, -0.1) is 0 Å². The van der Waals surface area contributed by atoms with Gasteiger partial charge in [-0.1, -0.05) is 0 Å². The number of rotatable bonds is 2. The molecule has 0 aromatic carbocycles. The largest absolute Gasteiger partial charge is 0.378 e. The topological polar surface area (TPSA) is 76.4 Å². The first-order valence-corrected chi connectivity index (χ1v) is 4.26. The summed E-state index contributed by atoms with van der Waals surface area (Å²) in [7, 11) is 1.55. The summed E-state index contributed by atoms with van der Waals surface area (Å²) in [6.07, 6.45) is -0.784. The molecule has 1 aliphatic rings. The van der Waals surface area contributed by atoms with Crippen molar-refractivity contribution in [1.29, 1.82) is 0 Å². The fourth-order valence-corrected chi connectivity index (χ4v) is 1.42. The number of ether oxygens (including phenoxy) is 1. The fourth-order valence-electron chi connectivity index (χ4n) is 1.42. The highest BCUT2D eigenvalue weighted by molar-refractivity contribution is 5.93. The van der Waals surface area contributed by atoms with Gasteiger partial charge in [0.05, 0.1) is 18.8 Å². The van der Waals surface area contributed by atoms with E-state index in [0.717, 1.165) is 0 Å². The Bertz CT molecular complexity index is 361. The lowest BCUT2D eigenvalue weighted by Gasteiger charge is -2.19. The zero-order valence-corrected chi connectivity index (χ0v) is 7.73. The van der Waals surface area contributed by atoms with Gasteiger partial charge in [0.1, 0.15) is 5.69 Å². The molecular weight excluding hydrogens is 186 g/mol. The average Bonchev–Trinajstić information content (AvgIpc) is 2.57. The summed E-state index contributed by atoms with van der Waals surface area (Å²) in [6, 6.07) is 1.61. The van der Waals surface area contributed by atoms with E-state index in [9.17, 15) is 9.90 Å². The smallest absolute Gasteiger partial charge is 0.269 e. The number of aliphatic hydroxyl groups is 1. The van der Waals surface area contributed by atoms with Crippen LogP contribution < -0.4 is 5.32 Å². The molecule has 0 fully saturated rings. The molecule has 0 spiro atoms. The molecule has 2 rings (SSSR count). The number of nitrogens with zero attached hydrogens (tertiary/aromatic N) is 2. The molecule has 0 bridgehead atoms. The third-order valence-electron chi connectivity index (χ3n) is 2.04. The normalized spacial score (nSPS) is 20.4. The molecule has 14 heavy (non-hydrogen) atoms. The maximum Gasteiger partial charge on any atom is 0.269 e. The van der Waals surface area contributed by atoms with Gasteiger partial charge in [-0.3, -0.25) is 4.79 Å². The SMILES string of the molecule is COCc1cc2n(n1)C(O)CNC2=O. The molecule has 2 N–H and O–H groups in total. The van der Waals surface area contributed by atoms with E-state index in [2.05, 4.69) is 10.4 Å². The molecular formula is C8H11N3O3. The van der Waals surface area contributed by atoms with E-state index in [1.54, 1.807) is 13.2 Å². The molecule has 1 atom stereocenters. The predicted molar refractivity (Wildman–Crippen MR) is 46.5 cm³/mol. The van der Waals surface area contributed by atoms with Crippen molar-refractivity contribution in [3.63, 3.8) is 0 Å². The number of carbonyl (C=O) groups excluding carboxylic acids is 1. The number of β-amino-alcohol motifs (C(OH)–C–C–N with tert-alkyl or cyclic N) is 1. The van der Waals surface area contributed by atoms with E-state index in [0.29, 0.717) is 18.0 Å². The molecule has 6 heteroatoms. The van der Waals surface area contributed by atoms with E-state index in [1.165, 1.54) is 4.68 Å². The maximum absolute atomic E-state index is 11.3. The Morgan fingerprint density at radius 2 is 2.64 bits per heavy atom. The summed E-state index contributed by atoms with van der Waals surface area (Å²) in [5, 5.41) is 16.1. The van der Waals surface area contributed by atoms with Crippen LogP contribution in [0.3, 0.4) is 0 Å². The fraction of sp³-hybridized carbons (Fsp3) is 0.500. The molecule has 0 aliphatic carbocycles. The summed E-state index contributed by atoms with van der Waals surface area (Å²) in [5.74, 6) is -0.217. The lowest BCUT2D eigenvalue weighted by Crippen LogP contribution is -2.39. The van der Waals surface area contributed by atoms with Gasteiger partial charge in [-0.25, -0.2) is 4.68 Å². The lowest BCUT2D eigenvalue weighted by atomic mass is 10.3. The Morgan fingerprint density at radius 1 is 1.86 bits per heavy atom. The average molecular weight is 197 g/mol. The van der Waals surface area contributed by atoms with Crippen LogP contribution in [0.4, 0.5) is 0 Å². The zero-order valence-electron chi connectivity index (χ0n) is 7.73. The standard InChI is InChI=1S/C8H11N3O3/c1-14-4-5-2-6-8(13)9-3-7(12)11(6)10-5/h2,7,12H,3-4H2,1H3,(H,9,13). The Kier molecular flexibility index (Phi) is 2.22. The molecule has 0 saturated heterocycles. The molecule has 1 aliphatic heterocycles. The second kappa shape index (κ2) is 3.39. The first-order valence-electron chi connectivity index (χ1n) is 4.26. The van der Waals surface area contributed by atoms with Gasteiger partial charge in [-0.05, 0) is 6.07 Å². The minimum atomic E-state index is -0.784. The van der Waals surface area contributed by atoms with Gasteiger partial charge < -0.3 is 15.2 Å². The van der Waals surface area contributed by atoms with Gasteiger partial charge >= 0.3 is 0 Å². The Hall–Kier alpha value is -1.40. The number of hydrogen-bond donors (Lipinski definition) is 2. The number of aromatic nitrogens is 2. The van der Waals surface area contributed by atoms with Crippen molar-refractivity contribution in [3.8, 4) is 0 Å². The van der Waals surface area contributed by atoms with Gasteiger partial charge in [0.15, 0.2) is 6.23 Å². The molecule has 6 nitrogen and oxygen atoms in total. The first kappa shape index (κ1) is 9.17. The number of amides is 1. The molecule has 1 unspecified atom stereocenters. The highest BCUT2D eigenvalue weighted by Crippen LogP contribution is 2.14. The predicted octanol–water partition coefficient (Wildman–Crippen LogP) is -0.736. The Labute approximate surface area is 80.5 Å². The number of carbonyl (C=O) groups is 1. The van der Waals surface area contributed by atoms with E-state index >= 15 is 0 Å². The Balaban J connectivity index is 2.36. The van der Waals surface area contributed by atoms with E-state index in [4.69, 9.17) is 4.74 Å². The van der Waals surface area contributed by atoms with E-state index < -0.39 is 6.23 Å². The molecule has 2 heterocycles. The van der Waals surface area contributed by atoms with Crippen molar-refractivity contribution >= 4 is 5.91 Å². The van der Waals surface area contributed by atoms with Crippen LogP contribution in [0.25, 0.3) is 0 Å². The summed E-state index contributed by atoms with van der Waals surface area (Å²) < 4.78 is 6.20. The minimum absolute atomic E-state index is 0.194. The van der Waals surface area contributed by atoms with Gasteiger partial charge in [0.25, 0.3) is 5.91 Å². The van der Waals surface area contributed by atoms with Crippen molar-refractivity contribution in [1.82, 2.24) is 15.1 Å². The summed E-state index contributed by atoms with van der Waals surface area (Å²) >= 11 is 0. The number of fused-ring (bicyclic) bond motifs is 1.